The fraction of sp³-hybridized carbons (Fsp3) is 0.500. The van der Waals surface area contributed by atoms with E-state index in [0.29, 0.717) is 29.1 Å². The number of hydrogen-bond donors (Lipinski definition) is 2. The quantitative estimate of drug-likeness (QED) is 0.289. The molecule has 2 aliphatic heterocycles. The highest BCUT2D eigenvalue weighted by Gasteiger charge is 2.69. The lowest BCUT2D eigenvalue weighted by Gasteiger charge is -2.38. The summed E-state index contributed by atoms with van der Waals surface area (Å²) in [6.07, 6.45) is 9.77. The lowest BCUT2D eigenvalue weighted by molar-refractivity contribution is -0.144. The fourth-order valence-corrected chi connectivity index (χ4v) is 4.63. The highest BCUT2D eigenvalue weighted by Crippen LogP contribution is 2.55. The number of hydrogen-bond acceptors (Lipinski definition) is 9. The molecule has 37 heavy (non-hydrogen) atoms. The SMILES string of the molecule is CC[C@H]1O[C@@H]2O[C@H](/C=C/C=C/C=Cc3oc(=O)cc(OC/C=C(\C)C(=O)OC)c3C)[C@H](O)[C@]2(C)[C@@]1(C)O. The number of rotatable bonds is 9. The molecule has 0 radical (unpaired) electrons. The summed E-state index contributed by atoms with van der Waals surface area (Å²) in [5.74, 6) is 0.238. The maximum atomic E-state index is 12.0. The van der Waals surface area contributed by atoms with Gasteiger partial charge in [0.05, 0.1) is 30.8 Å². The van der Waals surface area contributed by atoms with Crippen LogP contribution < -0.4 is 10.4 Å². The molecular weight excluding hydrogens is 480 g/mol. The molecule has 2 aliphatic rings. The Morgan fingerprint density at radius 2 is 1.89 bits per heavy atom. The highest BCUT2D eigenvalue weighted by molar-refractivity contribution is 5.87. The minimum absolute atomic E-state index is 0.0909. The fourth-order valence-electron chi connectivity index (χ4n) is 4.63. The zero-order valence-electron chi connectivity index (χ0n) is 22.1. The largest absolute Gasteiger partial charge is 0.489 e. The first-order valence-corrected chi connectivity index (χ1v) is 12.2. The van der Waals surface area contributed by atoms with E-state index in [4.69, 9.17) is 18.6 Å². The molecule has 0 amide bonds. The van der Waals surface area contributed by atoms with Gasteiger partial charge in [-0.05, 0) is 46.3 Å². The second kappa shape index (κ2) is 11.6. The lowest BCUT2D eigenvalue weighted by atomic mass is 9.69. The van der Waals surface area contributed by atoms with E-state index in [1.165, 1.54) is 13.2 Å². The molecule has 9 nitrogen and oxygen atoms in total. The van der Waals surface area contributed by atoms with Crippen LogP contribution in [0.4, 0.5) is 0 Å². The van der Waals surface area contributed by atoms with Crippen molar-refractivity contribution in [1.29, 1.82) is 0 Å². The molecule has 6 atom stereocenters. The van der Waals surface area contributed by atoms with Gasteiger partial charge in [-0.25, -0.2) is 9.59 Å². The molecule has 0 unspecified atom stereocenters. The normalized spacial score (nSPS) is 32.1. The van der Waals surface area contributed by atoms with Crippen molar-refractivity contribution in [2.45, 2.75) is 71.2 Å². The van der Waals surface area contributed by atoms with Crippen LogP contribution in [-0.4, -0.2) is 60.1 Å². The molecule has 3 heterocycles. The Balaban J connectivity index is 1.61. The smallest absolute Gasteiger partial charge is 0.339 e. The van der Waals surface area contributed by atoms with Gasteiger partial charge in [0.1, 0.15) is 29.8 Å². The molecule has 0 aromatic carbocycles. The van der Waals surface area contributed by atoms with Crippen molar-refractivity contribution < 1.29 is 38.4 Å². The molecule has 2 N–H and O–H groups in total. The molecule has 2 fully saturated rings. The van der Waals surface area contributed by atoms with Gasteiger partial charge in [-0.1, -0.05) is 37.3 Å². The topological polar surface area (TPSA) is 125 Å². The molecule has 0 saturated carbocycles. The van der Waals surface area contributed by atoms with Crippen LogP contribution in [0.2, 0.25) is 0 Å². The molecule has 9 heteroatoms. The van der Waals surface area contributed by atoms with Crippen LogP contribution >= 0.6 is 0 Å². The number of esters is 1. The van der Waals surface area contributed by atoms with E-state index in [2.05, 4.69) is 4.74 Å². The van der Waals surface area contributed by atoms with Crippen molar-refractivity contribution in [2.75, 3.05) is 13.7 Å². The molecule has 1 aromatic heterocycles. The maximum Gasteiger partial charge on any atom is 0.339 e. The van der Waals surface area contributed by atoms with Gasteiger partial charge in [0.25, 0.3) is 0 Å². The van der Waals surface area contributed by atoms with Crippen LogP contribution in [0.3, 0.4) is 0 Å². The first kappa shape index (κ1) is 28.6. The van der Waals surface area contributed by atoms with Crippen molar-refractivity contribution in [1.82, 2.24) is 0 Å². The number of carbonyl (C=O) groups is 1. The number of aliphatic hydroxyl groups excluding tert-OH is 1. The van der Waals surface area contributed by atoms with Crippen LogP contribution in [-0.2, 0) is 19.0 Å². The molecule has 1 aromatic rings. The van der Waals surface area contributed by atoms with Crippen LogP contribution in [0.1, 0.15) is 45.4 Å². The summed E-state index contributed by atoms with van der Waals surface area (Å²) in [4.78, 5) is 23.4. The van der Waals surface area contributed by atoms with Gasteiger partial charge in [0, 0.05) is 11.1 Å². The van der Waals surface area contributed by atoms with Crippen LogP contribution in [0.15, 0.2) is 57.3 Å². The Labute approximate surface area is 216 Å². The molecule has 202 valence electrons. The Hall–Kier alpha value is -2.98. The Kier molecular flexibility index (Phi) is 8.96. The third-order valence-corrected chi connectivity index (χ3v) is 7.29. The average Bonchev–Trinajstić information content (AvgIpc) is 3.22. The number of ether oxygens (including phenoxy) is 4. The van der Waals surface area contributed by atoms with Gasteiger partial charge in [-0.2, -0.15) is 0 Å². The zero-order chi connectivity index (χ0) is 27.4. The first-order chi connectivity index (χ1) is 17.5. The third-order valence-electron chi connectivity index (χ3n) is 7.29. The van der Waals surface area contributed by atoms with Crippen LogP contribution in [0.5, 0.6) is 5.75 Å². The predicted octanol–water partition coefficient (Wildman–Crippen LogP) is 3.22. The Morgan fingerprint density at radius 3 is 2.54 bits per heavy atom. The minimum Gasteiger partial charge on any atom is -0.489 e. The summed E-state index contributed by atoms with van der Waals surface area (Å²) in [6.45, 7) is 8.86. The van der Waals surface area contributed by atoms with Crippen molar-refractivity contribution in [3.8, 4) is 5.75 Å². The molecule has 2 saturated heterocycles. The standard InChI is InChI=1S/C28H36O9/c1-7-22-28(5,32)27(4)24(30)20(36-26(27)37-22)13-11-9-8-10-12-19-18(3)21(16-23(29)35-19)34-15-14-17(2)25(31)33-6/h8-14,16,20,22,24,26,30,32H,7,15H2,1-6H3/b9-8+,12-10?,13-11+,17-14+/t20-,22-,24+,26+,27+,28+/m1/s1. The second-order valence-corrected chi connectivity index (χ2v) is 9.58. The molecule has 0 aliphatic carbocycles. The van der Waals surface area contributed by atoms with Gasteiger partial charge in [0.15, 0.2) is 6.29 Å². The highest BCUT2D eigenvalue weighted by atomic mass is 16.7. The van der Waals surface area contributed by atoms with Crippen LogP contribution in [0, 0.1) is 12.3 Å². The monoisotopic (exact) mass is 516 g/mol. The zero-order valence-corrected chi connectivity index (χ0v) is 22.1. The molecular formula is C28H36O9. The van der Waals surface area contributed by atoms with Gasteiger partial charge in [-0.3, -0.25) is 0 Å². The van der Waals surface area contributed by atoms with E-state index < -0.39 is 47.2 Å². The number of carbonyl (C=O) groups excluding carboxylic acids is 1. The summed E-state index contributed by atoms with van der Waals surface area (Å²) in [5.41, 5.74) is -1.69. The molecule has 0 bridgehead atoms. The van der Waals surface area contributed by atoms with Gasteiger partial charge in [-0.15, -0.1) is 0 Å². The minimum atomic E-state index is -1.22. The Bertz CT molecular complexity index is 1160. The van der Waals surface area contributed by atoms with Gasteiger partial charge >= 0.3 is 11.6 Å². The number of fused-ring (bicyclic) bond motifs is 1. The molecule has 0 spiro atoms. The first-order valence-electron chi connectivity index (χ1n) is 12.2. The second-order valence-electron chi connectivity index (χ2n) is 9.58. The van der Waals surface area contributed by atoms with E-state index in [1.54, 1.807) is 70.2 Å². The van der Waals surface area contributed by atoms with Crippen LogP contribution in [0.25, 0.3) is 6.08 Å². The summed E-state index contributed by atoms with van der Waals surface area (Å²) in [7, 11) is 1.30. The van der Waals surface area contributed by atoms with Crippen molar-refractivity contribution in [3.63, 3.8) is 0 Å². The maximum absolute atomic E-state index is 12.0. The summed E-state index contributed by atoms with van der Waals surface area (Å²) in [6, 6.07) is 1.25. The predicted molar refractivity (Wildman–Crippen MR) is 137 cm³/mol. The third kappa shape index (κ3) is 5.65. The van der Waals surface area contributed by atoms with Gasteiger partial charge in [0.2, 0.25) is 0 Å². The number of methoxy groups -OCH3 is 1. The van der Waals surface area contributed by atoms with E-state index >= 15 is 0 Å². The Morgan fingerprint density at radius 1 is 1.19 bits per heavy atom. The lowest BCUT2D eigenvalue weighted by Crippen LogP contribution is -2.54. The molecule has 3 rings (SSSR count). The van der Waals surface area contributed by atoms with Crippen molar-refractivity contribution in [3.05, 3.63) is 69.8 Å². The van der Waals surface area contributed by atoms with Crippen molar-refractivity contribution >= 4 is 12.0 Å². The van der Waals surface area contributed by atoms with Crippen molar-refractivity contribution in [2.24, 2.45) is 5.41 Å². The summed E-state index contributed by atoms with van der Waals surface area (Å²) >= 11 is 0. The summed E-state index contributed by atoms with van der Waals surface area (Å²) in [5, 5.41) is 21.9. The average molecular weight is 517 g/mol. The number of aliphatic hydroxyl groups is 2. The van der Waals surface area contributed by atoms with E-state index in [-0.39, 0.29) is 6.61 Å². The number of allylic oxidation sites excluding steroid dienone is 4. The van der Waals surface area contributed by atoms with Gasteiger partial charge < -0.3 is 33.6 Å². The van der Waals surface area contributed by atoms with E-state index in [9.17, 15) is 19.8 Å². The van der Waals surface area contributed by atoms with E-state index in [1.807, 2.05) is 6.92 Å². The van der Waals surface area contributed by atoms with E-state index in [0.717, 1.165) is 0 Å². The summed E-state index contributed by atoms with van der Waals surface area (Å²) < 4.78 is 27.3.